The number of hydrogen-bond acceptors (Lipinski definition) is 4. The summed E-state index contributed by atoms with van der Waals surface area (Å²) in [5, 5.41) is 0. The lowest BCUT2D eigenvalue weighted by atomic mass is 9.98. The van der Waals surface area contributed by atoms with Crippen LogP contribution in [0.3, 0.4) is 0 Å². The molecule has 0 spiro atoms. The van der Waals surface area contributed by atoms with Gasteiger partial charge in [-0.3, -0.25) is 0 Å². The van der Waals surface area contributed by atoms with Crippen molar-refractivity contribution in [1.29, 1.82) is 0 Å². The van der Waals surface area contributed by atoms with E-state index in [-0.39, 0.29) is 6.10 Å². The van der Waals surface area contributed by atoms with E-state index in [2.05, 4.69) is 4.74 Å². The fraction of sp³-hybridized carbons (Fsp3) is 0.714. The van der Waals surface area contributed by atoms with Gasteiger partial charge in [0, 0.05) is 12.2 Å². The zero-order chi connectivity index (χ0) is 17.5. The molecule has 0 aliphatic heterocycles. The Morgan fingerprint density at radius 1 is 0.957 bits per heavy atom. The SMILES string of the molecule is O=C(/C=C/C(=O)OC1CCCCC1)OCCC(F)(F)C(F)(F)F. The highest BCUT2D eigenvalue weighted by Gasteiger charge is 2.56. The standard InChI is InChI=1S/C14H17F5O4/c15-13(16,14(17,18)19)8-9-22-11(20)6-7-12(21)23-10-4-2-1-3-5-10/h6-7,10H,1-5,8-9H2/b7-6+. The van der Waals surface area contributed by atoms with Crippen molar-refractivity contribution < 1.29 is 41.0 Å². The van der Waals surface area contributed by atoms with Crippen molar-refractivity contribution in [3.63, 3.8) is 0 Å². The molecule has 0 aromatic carbocycles. The van der Waals surface area contributed by atoms with Crippen LogP contribution in [0.1, 0.15) is 38.5 Å². The Morgan fingerprint density at radius 2 is 1.52 bits per heavy atom. The Morgan fingerprint density at radius 3 is 2.09 bits per heavy atom. The molecule has 0 amide bonds. The van der Waals surface area contributed by atoms with Gasteiger partial charge in [0.25, 0.3) is 0 Å². The monoisotopic (exact) mass is 344 g/mol. The third-order valence-electron chi connectivity index (χ3n) is 3.27. The van der Waals surface area contributed by atoms with Crippen molar-refractivity contribution in [3.8, 4) is 0 Å². The molecule has 0 saturated heterocycles. The van der Waals surface area contributed by atoms with Gasteiger partial charge in [-0.25, -0.2) is 9.59 Å². The molecule has 1 fully saturated rings. The predicted molar refractivity (Wildman–Crippen MR) is 68.7 cm³/mol. The minimum absolute atomic E-state index is 0.220. The first-order chi connectivity index (χ1) is 10.6. The van der Waals surface area contributed by atoms with Gasteiger partial charge in [0.1, 0.15) is 6.10 Å². The highest BCUT2D eigenvalue weighted by molar-refractivity contribution is 5.91. The van der Waals surface area contributed by atoms with Gasteiger partial charge in [-0.05, 0) is 25.7 Å². The lowest BCUT2D eigenvalue weighted by Crippen LogP contribution is -2.37. The molecule has 0 bridgehead atoms. The first-order valence-electron chi connectivity index (χ1n) is 7.12. The average molecular weight is 344 g/mol. The molecule has 0 radical (unpaired) electrons. The summed E-state index contributed by atoms with van der Waals surface area (Å²) in [4.78, 5) is 22.5. The smallest absolute Gasteiger partial charge is 0.453 e. The highest BCUT2D eigenvalue weighted by atomic mass is 19.4. The number of rotatable bonds is 6. The number of alkyl halides is 5. The van der Waals surface area contributed by atoms with E-state index < -0.39 is 37.1 Å². The van der Waals surface area contributed by atoms with E-state index in [1.807, 2.05) is 0 Å². The molecule has 1 rings (SSSR count). The van der Waals surface area contributed by atoms with E-state index in [9.17, 15) is 31.5 Å². The number of carbonyl (C=O) groups excluding carboxylic acids is 2. The summed E-state index contributed by atoms with van der Waals surface area (Å²) < 4.78 is 69.9. The summed E-state index contributed by atoms with van der Waals surface area (Å²) in [6, 6.07) is 0. The zero-order valence-electron chi connectivity index (χ0n) is 12.2. The summed E-state index contributed by atoms with van der Waals surface area (Å²) in [5.41, 5.74) is 0. The van der Waals surface area contributed by atoms with Crippen molar-refractivity contribution in [2.24, 2.45) is 0 Å². The van der Waals surface area contributed by atoms with Gasteiger partial charge in [0.2, 0.25) is 0 Å². The Balaban J connectivity index is 2.28. The van der Waals surface area contributed by atoms with Crippen LogP contribution in [0.25, 0.3) is 0 Å². The Kier molecular flexibility index (Phi) is 6.96. The summed E-state index contributed by atoms with van der Waals surface area (Å²) in [5.74, 6) is -6.91. The Labute approximate surface area is 129 Å². The van der Waals surface area contributed by atoms with Crippen LogP contribution in [0.5, 0.6) is 0 Å². The maximum absolute atomic E-state index is 12.5. The van der Waals surface area contributed by atoms with Crippen molar-refractivity contribution >= 4 is 11.9 Å². The minimum atomic E-state index is -5.70. The molecule has 0 unspecified atom stereocenters. The fourth-order valence-corrected chi connectivity index (χ4v) is 1.99. The van der Waals surface area contributed by atoms with Crippen molar-refractivity contribution in [3.05, 3.63) is 12.2 Å². The second-order valence-corrected chi connectivity index (χ2v) is 5.15. The molecule has 1 saturated carbocycles. The number of hydrogen-bond donors (Lipinski definition) is 0. The molecule has 0 aromatic heterocycles. The van der Waals surface area contributed by atoms with Gasteiger partial charge in [-0.2, -0.15) is 22.0 Å². The molecule has 0 aromatic rings. The summed E-state index contributed by atoms with van der Waals surface area (Å²) in [6.45, 7) is -1.12. The average Bonchev–Trinajstić information content (AvgIpc) is 2.45. The topological polar surface area (TPSA) is 52.6 Å². The third kappa shape index (κ3) is 6.96. The first-order valence-corrected chi connectivity index (χ1v) is 7.12. The molecule has 132 valence electrons. The van der Waals surface area contributed by atoms with E-state index >= 15 is 0 Å². The Bertz CT molecular complexity index is 439. The van der Waals surface area contributed by atoms with Gasteiger partial charge in [0.05, 0.1) is 13.0 Å². The summed E-state index contributed by atoms with van der Waals surface area (Å²) in [6.07, 6.45) is -1.78. The largest absolute Gasteiger partial charge is 0.462 e. The number of esters is 2. The van der Waals surface area contributed by atoms with Crippen LogP contribution in [0.15, 0.2) is 12.2 Å². The van der Waals surface area contributed by atoms with E-state index in [1.54, 1.807) is 0 Å². The third-order valence-corrected chi connectivity index (χ3v) is 3.27. The molecular weight excluding hydrogens is 327 g/mol. The van der Waals surface area contributed by atoms with Crippen LogP contribution in [-0.2, 0) is 19.1 Å². The van der Waals surface area contributed by atoms with Gasteiger partial charge < -0.3 is 9.47 Å². The van der Waals surface area contributed by atoms with Crippen molar-refractivity contribution in [2.45, 2.75) is 56.7 Å². The molecule has 9 heteroatoms. The predicted octanol–water partition coefficient (Wildman–Crippen LogP) is 3.55. The number of halogens is 5. The fourth-order valence-electron chi connectivity index (χ4n) is 1.99. The number of ether oxygens (including phenoxy) is 2. The Hall–Kier alpha value is -1.67. The second-order valence-electron chi connectivity index (χ2n) is 5.15. The molecule has 4 nitrogen and oxygen atoms in total. The summed E-state index contributed by atoms with van der Waals surface area (Å²) in [7, 11) is 0. The van der Waals surface area contributed by atoms with Gasteiger partial charge in [-0.15, -0.1) is 0 Å². The number of carbonyl (C=O) groups is 2. The molecule has 1 aliphatic carbocycles. The zero-order valence-corrected chi connectivity index (χ0v) is 12.2. The quantitative estimate of drug-likeness (QED) is 0.420. The lowest BCUT2D eigenvalue weighted by Gasteiger charge is -2.20. The first kappa shape index (κ1) is 19.4. The van der Waals surface area contributed by atoms with E-state index in [0.717, 1.165) is 38.2 Å². The van der Waals surface area contributed by atoms with Crippen LogP contribution < -0.4 is 0 Å². The van der Waals surface area contributed by atoms with Crippen LogP contribution >= 0.6 is 0 Å². The van der Waals surface area contributed by atoms with E-state index in [1.165, 1.54) is 0 Å². The summed E-state index contributed by atoms with van der Waals surface area (Å²) >= 11 is 0. The maximum atomic E-state index is 12.5. The molecule has 23 heavy (non-hydrogen) atoms. The van der Waals surface area contributed by atoms with Gasteiger partial charge >= 0.3 is 24.0 Å². The van der Waals surface area contributed by atoms with E-state index in [4.69, 9.17) is 4.74 Å². The van der Waals surface area contributed by atoms with Gasteiger partial charge in [0.15, 0.2) is 0 Å². The second kappa shape index (κ2) is 8.26. The minimum Gasteiger partial charge on any atom is -0.462 e. The maximum Gasteiger partial charge on any atom is 0.453 e. The molecule has 1 aliphatic rings. The van der Waals surface area contributed by atoms with Gasteiger partial charge in [-0.1, -0.05) is 6.42 Å². The van der Waals surface area contributed by atoms with Crippen LogP contribution in [0, 0.1) is 0 Å². The molecule has 0 atom stereocenters. The molecule has 0 heterocycles. The highest BCUT2D eigenvalue weighted by Crippen LogP contribution is 2.37. The van der Waals surface area contributed by atoms with Crippen LogP contribution in [0.4, 0.5) is 22.0 Å². The van der Waals surface area contributed by atoms with Crippen LogP contribution in [0.2, 0.25) is 0 Å². The van der Waals surface area contributed by atoms with Crippen molar-refractivity contribution in [1.82, 2.24) is 0 Å². The molecule has 0 N–H and O–H groups in total. The van der Waals surface area contributed by atoms with Crippen molar-refractivity contribution in [2.75, 3.05) is 6.61 Å². The van der Waals surface area contributed by atoms with Crippen LogP contribution in [-0.4, -0.2) is 36.7 Å². The normalized spacial score (nSPS) is 17.3. The lowest BCUT2D eigenvalue weighted by molar-refractivity contribution is -0.286. The van der Waals surface area contributed by atoms with E-state index in [0.29, 0.717) is 6.08 Å². The molecular formula is C14H17F5O4.